The van der Waals surface area contributed by atoms with Gasteiger partial charge < -0.3 is 4.90 Å². The standard InChI is InChI=1S/C52H39NS/c1-51(2)47-26-13-14-27-49(47)54-50-33-30-37(34-48(50)51)36-28-31-41(32-29-36)53(40-19-7-4-8-20-40)42-21-15-18-39(35-42)52(38-16-5-3-6-17-38)45-24-11-9-22-43(45)44-23-10-12-25-46(44)52/h3-35H,1-2H3. The van der Waals surface area contributed by atoms with Gasteiger partial charge in [0.25, 0.3) is 0 Å². The van der Waals surface area contributed by atoms with E-state index in [1.165, 1.54) is 65.4 Å². The zero-order valence-electron chi connectivity index (χ0n) is 30.4. The molecule has 0 saturated carbocycles. The number of hydrogen-bond donors (Lipinski definition) is 0. The summed E-state index contributed by atoms with van der Waals surface area (Å²) in [7, 11) is 0. The third-order valence-corrected chi connectivity index (χ3v) is 12.8. The van der Waals surface area contributed by atoms with Crippen LogP contribution in [0.5, 0.6) is 0 Å². The number of nitrogens with zero attached hydrogens (tertiary/aromatic N) is 1. The summed E-state index contributed by atoms with van der Waals surface area (Å²) in [5, 5.41) is 0. The van der Waals surface area contributed by atoms with Gasteiger partial charge in [0, 0.05) is 32.3 Å². The van der Waals surface area contributed by atoms with E-state index >= 15 is 0 Å². The average molecular weight is 710 g/mol. The van der Waals surface area contributed by atoms with Crippen molar-refractivity contribution in [2.45, 2.75) is 34.5 Å². The van der Waals surface area contributed by atoms with Crippen molar-refractivity contribution in [2.75, 3.05) is 4.90 Å². The monoisotopic (exact) mass is 709 g/mol. The molecule has 258 valence electrons. The molecular formula is C52H39NS. The highest BCUT2D eigenvalue weighted by atomic mass is 32.2. The number of hydrogen-bond acceptors (Lipinski definition) is 2. The molecule has 0 atom stereocenters. The number of fused-ring (bicyclic) bond motifs is 5. The Hall–Kier alpha value is -6.09. The Bertz CT molecular complexity index is 2610. The molecule has 0 radical (unpaired) electrons. The summed E-state index contributed by atoms with van der Waals surface area (Å²) >= 11 is 1.88. The first kappa shape index (κ1) is 32.6. The zero-order chi connectivity index (χ0) is 36.3. The molecule has 0 aromatic heterocycles. The maximum Gasteiger partial charge on any atom is 0.0714 e. The van der Waals surface area contributed by atoms with Gasteiger partial charge in [-0.3, -0.25) is 0 Å². The third kappa shape index (κ3) is 5.01. The maximum absolute atomic E-state index is 2.41. The lowest BCUT2D eigenvalue weighted by atomic mass is 9.67. The van der Waals surface area contributed by atoms with E-state index in [2.05, 4.69) is 219 Å². The van der Waals surface area contributed by atoms with Gasteiger partial charge in [0.05, 0.1) is 5.41 Å². The van der Waals surface area contributed by atoms with Crippen LogP contribution in [0.2, 0.25) is 0 Å². The molecule has 1 nitrogen and oxygen atoms in total. The molecule has 0 spiro atoms. The second-order valence-corrected chi connectivity index (χ2v) is 16.0. The molecule has 54 heavy (non-hydrogen) atoms. The number of rotatable bonds is 6. The normalized spacial score (nSPS) is 14.3. The first-order chi connectivity index (χ1) is 26.5. The molecule has 0 bridgehead atoms. The van der Waals surface area contributed by atoms with Crippen LogP contribution in [0.3, 0.4) is 0 Å². The molecule has 0 fully saturated rings. The fraction of sp³-hybridized carbons (Fsp3) is 0.0769. The SMILES string of the molecule is CC1(C)c2ccccc2Sc2ccc(-c3ccc(N(c4ccccc4)c4cccc(C5(c6ccccc6)c6ccccc6-c6ccccc65)c4)cc3)cc21. The van der Waals surface area contributed by atoms with E-state index in [0.717, 1.165) is 17.1 Å². The van der Waals surface area contributed by atoms with Gasteiger partial charge in [-0.15, -0.1) is 0 Å². The average Bonchev–Trinajstić information content (AvgIpc) is 3.53. The number of para-hydroxylation sites is 1. The zero-order valence-corrected chi connectivity index (χ0v) is 31.2. The van der Waals surface area contributed by atoms with Crippen molar-refractivity contribution in [2.24, 2.45) is 0 Å². The van der Waals surface area contributed by atoms with Crippen LogP contribution in [0.4, 0.5) is 17.1 Å². The molecule has 10 rings (SSSR count). The molecule has 0 N–H and O–H groups in total. The predicted octanol–water partition coefficient (Wildman–Crippen LogP) is 14.0. The Morgan fingerprint density at radius 2 is 0.889 bits per heavy atom. The van der Waals surface area contributed by atoms with E-state index < -0.39 is 5.41 Å². The van der Waals surface area contributed by atoms with Crippen molar-refractivity contribution in [3.63, 3.8) is 0 Å². The summed E-state index contributed by atoms with van der Waals surface area (Å²) in [6, 6.07) is 73.8. The van der Waals surface area contributed by atoms with Crippen LogP contribution in [0, 0.1) is 0 Å². The third-order valence-electron chi connectivity index (χ3n) is 11.6. The van der Waals surface area contributed by atoms with Gasteiger partial charge in [-0.1, -0.05) is 171 Å². The summed E-state index contributed by atoms with van der Waals surface area (Å²) < 4.78 is 0. The van der Waals surface area contributed by atoms with Crippen molar-refractivity contribution >= 4 is 28.8 Å². The Balaban J connectivity index is 1.09. The van der Waals surface area contributed by atoms with Gasteiger partial charge in [0.1, 0.15) is 0 Å². The highest BCUT2D eigenvalue weighted by Gasteiger charge is 2.46. The minimum absolute atomic E-state index is 0.0697. The van der Waals surface area contributed by atoms with E-state index in [1.54, 1.807) is 0 Å². The topological polar surface area (TPSA) is 3.24 Å². The van der Waals surface area contributed by atoms with Crippen LogP contribution in [0.15, 0.2) is 210 Å². The van der Waals surface area contributed by atoms with Crippen LogP contribution in [-0.4, -0.2) is 0 Å². The van der Waals surface area contributed by atoms with Gasteiger partial charge in [-0.2, -0.15) is 0 Å². The van der Waals surface area contributed by atoms with Crippen LogP contribution in [-0.2, 0) is 10.8 Å². The van der Waals surface area contributed by atoms with Gasteiger partial charge in [-0.25, -0.2) is 0 Å². The summed E-state index contributed by atoms with van der Waals surface area (Å²) in [4.78, 5) is 5.09. The second-order valence-electron chi connectivity index (χ2n) is 14.9. The van der Waals surface area contributed by atoms with E-state index in [9.17, 15) is 0 Å². The minimum atomic E-state index is -0.463. The lowest BCUT2D eigenvalue weighted by Gasteiger charge is -2.35. The molecule has 1 aliphatic heterocycles. The van der Waals surface area contributed by atoms with Gasteiger partial charge in [0.15, 0.2) is 0 Å². The second kappa shape index (κ2) is 12.8. The van der Waals surface area contributed by atoms with Crippen LogP contribution in [0.25, 0.3) is 22.3 Å². The number of anilines is 3. The molecule has 0 saturated heterocycles. The fourth-order valence-corrected chi connectivity index (χ4v) is 10.4. The van der Waals surface area contributed by atoms with E-state index in [-0.39, 0.29) is 5.41 Å². The predicted molar refractivity (Wildman–Crippen MR) is 227 cm³/mol. The highest BCUT2D eigenvalue weighted by Crippen LogP contribution is 2.56. The Labute approximate surface area is 322 Å². The van der Waals surface area contributed by atoms with Crippen LogP contribution in [0.1, 0.15) is 47.2 Å². The minimum Gasteiger partial charge on any atom is -0.310 e. The molecule has 8 aromatic carbocycles. The molecule has 2 aliphatic rings. The molecule has 0 amide bonds. The molecule has 1 heterocycles. The van der Waals surface area contributed by atoms with E-state index in [1.807, 2.05) is 11.8 Å². The van der Waals surface area contributed by atoms with E-state index in [0.29, 0.717) is 0 Å². The Kier molecular flexibility index (Phi) is 7.71. The van der Waals surface area contributed by atoms with Crippen LogP contribution < -0.4 is 4.90 Å². The summed E-state index contributed by atoms with van der Waals surface area (Å²) in [6.45, 7) is 4.71. The fourth-order valence-electron chi connectivity index (χ4n) is 9.04. The summed E-state index contributed by atoms with van der Waals surface area (Å²) in [5.74, 6) is 0. The first-order valence-corrected chi connectivity index (χ1v) is 19.6. The van der Waals surface area contributed by atoms with Crippen molar-refractivity contribution in [3.05, 3.63) is 234 Å². The summed E-state index contributed by atoms with van der Waals surface area (Å²) in [6.07, 6.45) is 0. The number of benzene rings is 8. The lowest BCUT2D eigenvalue weighted by molar-refractivity contribution is 0.607. The smallest absolute Gasteiger partial charge is 0.0714 e. The molecule has 1 aliphatic carbocycles. The first-order valence-electron chi connectivity index (χ1n) is 18.8. The van der Waals surface area contributed by atoms with Crippen molar-refractivity contribution in [3.8, 4) is 22.3 Å². The maximum atomic E-state index is 2.41. The molecule has 0 unspecified atom stereocenters. The lowest BCUT2D eigenvalue weighted by Crippen LogP contribution is -2.28. The quantitative estimate of drug-likeness (QED) is 0.169. The van der Waals surface area contributed by atoms with Crippen molar-refractivity contribution in [1.29, 1.82) is 0 Å². The molecule has 2 heteroatoms. The summed E-state index contributed by atoms with van der Waals surface area (Å²) in [5.41, 5.74) is 15.8. The van der Waals surface area contributed by atoms with Crippen LogP contribution >= 0.6 is 11.8 Å². The van der Waals surface area contributed by atoms with Crippen molar-refractivity contribution < 1.29 is 0 Å². The van der Waals surface area contributed by atoms with Crippen molar-refractivity contribution in [1.82, 2.24) is 0 Å². The van der Waals surface area contributed by atoms with Gasteiger partial charge >= 0.3 is 0 Å². The largest absolute Gasteiger partial charge is 0.310 e. The Morgan fingerprint density at radius 3 is 1.59 bits per heavy atom. The Morgan fingerprint density at radius 1 is 0.370 bits per heavy atom. The molecule has 8 aromatic rings. The highest BCUT2D eigenvalue weighted by molar-refractivity contribution is 7.99. The molecular weight excluding hydrogens is 671 g/mol. The van der Waals surface area contributed by atoms with Gasteiger partial charge in [-0.05, 0) is 110 Å². The van der Waals surface area contributed by atoms with E-state index in [4.69, 9.17) is 0 Å². The van der Waals surface area contributed by atoms with Gasteiger partial charge in [0.2, 0.25) is 0 Å².